The van der Waals surface area contributed by atoms with Gasteiger partial charge < -0.3 is 10.1 Å². The summed E-state index contributed by atoms with van der Waals surface area (Å²) in [7, 11) is 0. The molecule has 0 saturated carbocycles. The van der Waals surface area contributed by atoms with Crippen LogP contribution < -0.4 is 10.6 Å². The summed E-state index contributed by atoms with van der Waals surface area (Å²) in [5, 5.41) is 5.45. The van der Waals surface area contributed by atoms with Crippen molar-refractivity contribution in [2.24, 2.45) is 0 Å². The number of carbonyl (C=O) groups excluding carboxylic acids is 5. The highest BCUT2D eigenvalue weighted by Gasteiger charge is 2.45. The monoisotopic (exact) mass is 471 g/mol. The summed E-state index contributed by atoms with van der Waals surface area (Å²) in [6, 6.07) is 4.06. The minimum absolute atomic E-state index is 0.0900. The predicted molar refractivity (Wildman–Crippen MR) is 125 cm³/mol. The second kappa shape index (κ2) is 10.8. The molecular weight excluding hydrogens is 438 g/mol. The summed E-state index contributed by atoms with van der Waals surface area (Å²) in [6.45, 7) is 6.20. The van der Waals surface area contributed by atoms with Crippen molar-refractivity contribution in [1.29, 1.82) is 0 Å². The van der Waals surface area contributed by atoms with Crippen molar-refractivity contribution in [1.82, 2.24) is 10.2 Å². The maximum Gasteiger partial charge on any atom is 0.306 e. The molecule has 184 valence electrons. The van der Waals surface area contributed by atoms with Crippen molar-refractivity contribution in [3.05, 3.63) is 29.3 Å². The maximum atomic E-state index is 13.1. The third-order valence-electron chi connectivity index (χ3n) is 5.76. The van der Waals surface area contributed by atoms with Crippen LogP contribution >= 0.6 is 0 Å². The van der Waals surface area contributed by atoms with Crippen LogP contribution in [0.1, 0.15) is 92.9 Å². The van der Waals surface area contributed by atoms with E-state index < -0.39 is 35.3 Å². The molecule has 34 heavy (non-hydrogen) atoms. The van der Waals surface area contributed by atoms with Crippen molar-refractivity contribution in [2.45, 2.75) is 83.8 Å². The van der Waals surface area contributed by atoms with Crippen LogP contribution in [0.5, 0.6) is 0 Å². The molecule has 4 amide bonds. The molecule has 0 radical (unpaired) electrons. The van der Waals surface area contributed by atoms with Gasteiger partial charge in [-0.25, -0.2) is 0 Å². The smallest absolute Gasteiger partial charge is 0.306 e. The third-order valence-corrected chi connectivity index (χ3v) is 5.76. The highest BCUT2D eigenvalue weighted by molar-refractivity contribution is 6.25. The fraction of sp³-hybridized carbons (Fsp3) is 0.560. The lowest BCUT2D eigenvalue weighted by Crippen LogP contribution is -2.54. The third kappa shape index (κ3) is 6.21. The topological polar surface area (TPSA) is 122 Å². The van der Waals surface area contributed by atoms with Gasteiger partial charge in [0.05, 0.1) is 11.1 Å². The molecule has 0 bridgehead atoms. The van der Waals surface area contributed by atoms with E-state index in [1.807, 2.05) is 20.8 Å². The van der Waals surface area contributed by atoms with Gasteiger partial charge in [0.15, 0.2) is 0 Å². The Hall–Kier alpha value is -3.23. The number of anilines is 1. The summed E-state index contributed by atoms with van der Waals surface area (Å²) < 4.78 is 5.30. The van der Waals surface area contributed by atoms with Crippen molar-refractivity contribution < 1.29 is 28.7 Å². The highest BCUT2D eigenvalue weighted by atomic mass is 16.6. The van der Waals surface area contributed by atoms with E-state index in [1.165, 1.54) is 0 Å². The molecule has 2 N–H and O–H groups in total. The molecule has 0 spiro atoms. The van der Waals surface area contributed by atoms with Gasteiger partial charge in [-0.05, 0) is 52.2 Å². The summed E-state index contributed by atoms with van der Waals surface area (Å²) in [5.74, 6) is -2.21. The second-order valence-electron chi connectivity index (χ2n) is 9.71. The SMILES string of the molecule is CC(C)(C)OC(=O)CCCCCCCNc1cccc2c1C(=O)N(C1CCC(=O)NC1=O)C2=O. The zero-order valence-corrected chi connectivity index (χ0v) is 20.1. The Bertz CT molecular complexity index is 981. The van der Waals surface area contributed by atoms with Crippen LogP contribution in [0, 0.1) is 0 Å². The average Bonchev–Trinajstić information content (AvgIpc) is 3.00. The number of carbonyl (C=O) groups is 5. The number of unbranched alkanes of at least 4 members (excludes halogenated alkanes) is 4. The van der Waals surface area contributed by atoms with Gasteiger partial charge >= 0.3 is 5.97 Å². The van der Waals surface area contributed by atoms with Crippen molar-refractivity contribution in [2.75, 3.05) is 11.9 Å². The number of hydrogen-bond donors (Lipinski definition) is 2. The first-order valence-electron chi connectivity index (χ1n) is 11.9. The molecule has 3 rings (SSSR count). The van der Waals surface area contributed by atoms with Crippen molar-refractivity contribution in [3.8, 4) is 0 Å². The number of esters is 1. The molecule has 0 aromatic heterocycles. The Balaban J connectivity index is 1.46. The number of ether oxygens (including phenoxy) is 1. The van der Waals surface area contributed by atoms with Crippen LogP contribution in [0.15, 0.2) is 18.2 Å². The first-order chi connectivity index (χ1) is 16.1. The van der Waals surface area contributed by atoms with Gasteiger partial charge in [-0.1, -0.05) is 25.3 Å². The van der Waals surface area contributed by atoms with E-state index >= 15 is 0 Å². The average molecular weight is 472 g/mol. The number of fused-ring (bicyclic) bond motifs is 1. The van der Waals surface area contributed by atoms with E-state index in [0.29, 0.717) is 18.7 Å². The zero-order chi connectivity index (χ0) is 24.9. The summed E-state index contributed by atoms with van der Waals surface area (Å²) in [4.78, 5) is 62.3. The molecule has 1 atom stereocenters. The Morgan fingerprint density at radius 2 is 1.76 bits per heavy atom. The molecule has 1 fully saturated rings. The van der Waals surface area contributed by atoms with Crippen molar-refractivity contribution >= 4 is 35.3 Å². The standard InChI is InChI=1S/C25H33N3O6/c1-25(2,3)34-20(30)12-7-5-4-6-8-15-26-17-11-9-10-16-21(17)24(33)28(23(16)32)18-13-14-19(29)27-22(18)31/h9-11,18,26H,4-8,12-15H2,1-3H3,(H,27,29,31). The number of benzene rings is 1. The molecule has 1 saturated heterocycles. The highest BCUT2D eigenvalue weighted by Crippen LogP contribution is 2.32. The molecule has 9 nitrogen and oxygen atoms in total. The Morgan fingerprint density at radius 3 is 2.47 bits per heavy atom. The van der Waals surface area contributed by atoms with E-state index in [4.69, 9.17) is 4.74 Å². The van der Waals surface area contributed by atoms with Gasteiger partial charge in [0.2, 0.25) is 11.8 Å². The van der Waals surface area contributed by atoms with Crippen LogP contribution in [0.25, 0.3) is 0 Å². The van der Waals surface area contributed by atoms with Crippen LogP contribution in [0.2, 0.25) is 0 Å². The van der Waals surface area contributed by atoms with E-state index in [9.17, 15) is 24.0 Å². The van der Waals surface area contributed by atoms with Crippen LogP contribution in [-0.2, 0) is 19.1 Å². The zero-order valence-electron chi connectivity index (χ0n) is 20.1. The molecule has 1 unspecified atom stereocenters. The number of hydrogen-bond acceptors (Lipinski definition) is 7. The van der Waals surface area contributed by atoms with Crippen LogP contribution in [-0.4, -0.2) is 52.7 Å². The van der Waals surface area contributed by atoms with E-state index in [0.717, 1.165) is 37.0 Å². The second-order valence-corrected chi connectivity index (χ2v) is 9.71. The number of nitrogens with one attached hydrogen (secondary N) is 2. The molecule has 0 aliphatic carbocycles. The first kappa shape index (κ1) is 25.4. The lowest BCUT2D eigenvalue weighted by molar-refractivity contribution is -0.155. The summed E-state index contributed by atoms with van der Waals surface area (Å²) >= 11 is 0. The Labute approximate surface area is 199 Å². The maximum absolute atomic E-state index is 13.1. The lowest BCUT2D eigenvalue weighted by Gasteiger charge is -2.27. The van der Waals surface area contributed by atoms with Crippen molar-refractivity contribution in [3.63, 3.8) is 0 Å². The number of rotatable bonds is 10. The lowest BCUT2D eigenvalue weighted by atomic mass is 10.0. The molecule has 2 aliphatic heterocycles. The van der Waals surface area contributed by atoms with Gasteiger partial charge in [0.25, 0.3) is 11.8 Å². The molecular formula is C25H33N3O6. The minimum atomic E-state index is -0.973. The fourth-order valence-electron chi connectivity index (χ4n) is 4.20. The van der Waals surface area contributed by atoms with E-state index in [2.05, 4.69) is 10.6 Å². The molecule has 2 aliphatic rings. The largest absolute Gasteiger partial charge is 0.460 e. The predicted octanol–water partition coefficient (Wildman–Crippen LogP) is 3.18. The van der Waals surface area contributed by atoms with Gasteiger partial charge in [-0.15, -0.1) is 0 Å². The molecule has 1 aromatic rings. The van der Waals surface area contributed by atoms with Gasteiger partial charge in [0, 0.05) is 25.1 Å². The number of imide groups is 2. The Morgan fingerprint density at radius 1 is 1.06 bits per heavy atom. The van der Waals surface area contributed by atoms with Crippen LogP contribution in [0.4, 0.5) is 5.69 Å². The quantitative estimate of drug-likeness (QED) is 0.305. The number of nitrogens with zero attached hydrogens (tertiary/aromatic N) is 1. The van der Waals surface area contributed by atoms with Gasteiger partial charge in [-0.3, -0.25) is 34.2 Å². The van der Waals surface area contributed by atoms with Gasteiger partial charge in [-0.2, -0.15) is 0 Å². The summed E-state index contributed by atoms with van der Waals surface area (Å²) in [5.41, 5.74) is 0.651. The van der Waals surface area contributed by atoms with Crippen LogP contribution in [0.3, 0.4) is 0 Å². The summed E-state index contributed by atoms with van der Waals surface area (Å²) in [6.07, 6.45) is 5.19. The number of piperidine rings is 1. The minimum Gasteiger partial charge on any atom is -0.460 e. The molecule has 9 heteroatoms. The Kier molecular flexibility index (Phi) is 8.06. The van der Waals surface area contributed by atoms with Gasteiger partial charge in [0.1, 0.15) is 11.6 Å². The molecule has 2 heterocycles. The molecule has 1 aromatic carbocycles. The van der Waals surface area contributed by atoms with E-state index in [1.54, 1.807) is 18.2 Å². The first-order valence-corrected chi connectivity index (χ1v) is 11.9. The van der Waals surface area contributed by atoms with E-state index in [-0.39, 0.29) is 29.9 Å². The fourth-order valence-corrected chi connectivity index (χ4v) is 4.20. The number of amides is 4. The normalized spacial score (nSPS) is 18.1.